The number of carbonyl (C=O) groups is 3. The van der Waals surface area contributed by atoms with Crippen LogP contribution in [0.1, 0.15) is 86.0 Å². The fraction of sp³-hybridized carbons (Fsp3) is 0.875. The van der Waals surface area contributed by atoms with E-state index in [0.29, 0.717) is 19.3 Å². The fourth-order valence-electron chi connectivity index (χ4n) is 12.2. The Morgan fingerprint density at radius 1 is 0.875 bits per heavy atom. The van der Waals surface area contributed by atoms with Gasteiger partial charge in [0.15, 0.2) is 18.7 Å². The number of methoxy groups -OCH3 is 1. The molecule has 7 aliphatic rings. The number of fused-ring (bicyclic) bond motifs is 5. The molecule has 4 aliphatic carbocycles. The van der Waals surface area contributed by atoms with Crippen LogP contribution in [-0.4, -0.2) is 143 Å². The molecule has 0 aromatic rings. The summed E-state index contributed by atoms with van der Waals surface area (Å²) in [5, 5.41) is 53.8. The molecule has 0 bridgehead atoms. The zero-order valence-electron chi connectivity index (χ0n) is 33.1. The first-order chi connectivity index (χ1) is 26.4. The number of hydrogen-bond donors (Lipinski definition) is 5. The summed E-state index contributed by atoms with van der Waals surface area (Å²) < 4.78 is 47.4. The van der Waals surface area contributed by atoms with Crippen LogP contribution in [0.25, 0.3) is 0 Å². The van der Waals surface area contributed by atoms with Crippen molar-refractivity contribution >= 4 is 17.9 Å². The highest BCUT2D eigenvalue weighted by molar-refractivity contribution is 5.85. The first kappa shape index (κ1) is 41.9. The maximum atomic E-state index is 12.9. The Balaban J connectivity index is 1.05. The van der Waals surface area contributed by atoms with Gasteiger partial charge in [0.05, 0.1) is 24.4 Å². The summed E-state index contributed by atoms with van der Waals surface area (Å²) in [6.45, 7) is 8.31. The topological polar surface area (TPSA) is 226 Å². The van der Waals surface area contributed by atoms with Gasteiger partial charge >= 0.3 is 17.9 Å². The molecule has 6 fully saturated rings. The highest BCUT2D eigenvalue weighted by Crippen LogP contribution is 2.70. The van der Waals surface area contributed by atoms with Crippen molar-refractivity contribution in [3.63, 3.8) is 0 Å². The van der Waals surface area contributed by atoms with E-state index in [9.17, 15) is 39.9 Å². The molecular weight excluding hydrogens is 736 g/mol. The minimum absolute atomic E-state index is 0.0272. The minimum Gasteiger partial charge on any atom is -0.462 e. The molecule has 16 nitrogen and oxygen atoms in total. The van der Waals surface area contributed by atoms with Crippen LogP contribution >= 0.6 is 0 Å². The van der Waals surface area contributed by atoms with E-state index < -0.39 is 103 Å². The van der Waals surface area contributed by atoms with E-state index in [2.05, 4.69) is 13.8 Å². The number of aliphatic hydroxyl groups excluding tert-OH is 4. The van der Waals surface area contributed by atoms with E-state index in [0.717, 1.165) is 37.7 Å². The second kappa shape index (κ2) is 15.7. The van der Waals surface area contributed by atoms with Crippen molar-refractivity contribution < 1.29 is 77.8 Å². The number of ether oxygens (including phenoxy) is 8. The summed E-state index contributed by atoms with van der Waals surface area (Å²) in [6.07, 6.45) is -5.76. The van der Waals surface area contributed by atoms with Crippen molar-refractivity contribution in [1.29, 1.82) is 0 Å². The Hall–Kier alpha value is -2.25. The molecule has 0 aromatic heterocycles. The third-order valence-electron chi connectivity index (χ3n) is 15.0. The molecule has 5 N–H and O–H groups in total. The zero-order valence-corrected chi connectivity index (χ0v) is 33.1. The van der Waals surface area contributed by atoms with E-state index in [-0.39, 0.29) is 41.8 Å². The Bertz CT molecular complexity index is 1520. The molecule has 0 spiro atoms. The van der Waals surface area contributed by atoms with Crippen LogP contribution in [0.15, 0.2) is 11.6 Å². The predicted octanol–water partition coefficient (Wildman–Crippen LogP) is 1.05. The highest BCUT2D eigenvalue weighted by atomic mass is 16.8. The van der Waals surface area contributed by atoms with Gasteiger partial charge in [0.25, 0.3) is 0 Å². The quantitative estimate of drug-likeness (QED) is 0.125. The number of aliphatic hydroxyl groups is 5. The standard InChI is InChI=1S/C40H60O16/c1-18-33(56-36-32(47)31(46)30(45)27(16-41)55-36)34(49-6)35(53-20(3)43)37(51-18)54-23-9-11-38(4)22(14-23)7-8-25-24(38)10-12-39(5)29(21-13-28(44)50-17-21)26(52-19(2)42)15-40(25,39)48/h13,18,22-27,29-37,41,45-48H,7-12,14-17H2,1-6H3/t18-,22-,23+,24-,25-,26+,27-,29+,30-,31+,32-,33-,34+,35-,36+,37+,38+,39-,40+/m1/s1. The Kier molecular flexibility index (Phi) is 11.8. The third kappa shape index (κ3) is 7.02. The molecule has 4 saturated carbocycles. The first-order valence-corrected chi connectivity index (χ1v) is 20.2. The van der Waals surface area contributed by atoms with Gasteiger partial charge in [0.1, 0.15) is 49.3 Å². The smallest absolute Gasteiger partial charge is 0.331 e. The number of rotatable bonds is 9. The van der Waals surface area contributed by atoms with Gasteiger partial charge in [-0.1, -0.05) is 13.8 Å². The normalized spacial score (nSPS) is 50.2. The summed E-state index contributed by atoms with van der Waals surface area (Å²) in [6, 6.07) is 0. The van der Waals surface area contributed by atoms with Gasteiger partial charge in [-0.3, -0.25) is 9.59 Å². The van der Waals surface area contributed by atoms with Crippen molar-refractivity contribution in [2.45, 2.75) is 165 Å². The fourth-order valence-corrected chi connectivity index (χ4v) is 12.2. The van der Waals surface area contributed by atoms with Crippen LogP contribution < -0.4 is 0 Å². The maximum Gasteiger partial charge on any atom is 0.331 e. The predicted molar refractivity (Wildman–Crippen MR) is 191 cm³/mol. The molecule has 56 heavy (non-hydrogen) atoms. The lowest BCUT2D eigenvalue weighted by Crippen LogP contribution is -2.65. The largest absolute Gasteiger partial charge is 0.462 e. The van der Waals surface area contributed by atoms with Gasteiger partial charge in [-0.25, -0.2) is 4.79 Å². The Labute approximate surface area is 327 Å². The molecule has 0 unspecified atom stereocenters. The number of esters is 3. The van der Waals surface area contributed by atoms with Crippen LogP contribution in [0.2, 0.25) is 0 Å². The average molecular weight is 797 g/mol. The van der Waals surface area contributed by atoms with Gasteiger partial charge in [0.2, 0.25) is 0 Å². The lowest BCUT2D eigenvalue weighted by molar-refractivity contribution is -0.362. The SMILES string of the molecule is CO[C@@H]1[C@@H](OC(C)=O)[C@H](O[C@H]2CC[C@@]3(C)[C@H](CC[C@@H]4[C@H]3CC[C@]3(C)[C@@H](C5=CC(=O)OC5)[C@@H](OC(C)=O)C[C@]43O)C2)O[C@H](C)[C@H]1O[C@@H]1O[C@H](CO)[C@@H](O)[C@H](O)[C@H]1O. The monoisotopic (exact) mass is 796 g/mol. The second-order valence-electron chi connectivity index (χ2n) is 17.8. The van der Waals surface area contributed by atoms with E-state index >= 15 is 0 Å². The second-order valence-corrected chi connectivity index (χ2v) is 17.8. The molecule has 7 rings (SSSR count). The van der Waals surface area contributed by atoms with Crippen molar-refractivity contribution in [3.8, 4) is 0 Å². The average Bonchev–Trinajstić information content (AvgIpc) is 3.66. The van der Waals surface area contributed by atoms with E-state index in [1.54, 1.807) is 6.92 Å². The first-order valence-electron chi connectivity index (χ1n) is 20.2. The zero-order chi connectivity index (χ0) is 40.5. The van der Waals surface area contributed by atoms with Gasteiger partial charge in [0, 0.05) is 44.8 Å². The molecule has 0 amide bonds. The Morgan fingerprint density at radius 3 is 2.25 bits per heavy atom. The highest BCUT2D eigenvalue weighted by Gasteiger charge is 2.71. The van der Waals surface area contributed by atoms with E-state index in [1.165, 1.54) is 27.0 Å². The van der Waals surface area contributed by atoms with Gasteiger partial charge in [-0.15, -0.1) is 0 Å². The third-order valence-corrected chi connectivity index (χ3v) is 15.0. The van der Waals surface area contributed by atoms with Gasteiger partial charge in [-0.2, -0.15) is 0 Å². The van der Waals surface area contributed by atoms with Gasteiger partial charge < -0.3 is 63.4 Å². The number of carbonyl (C=O) groups excluding carboxylic acids is 3. The molecule has 3 aliphatic heterocycles. The molecule has 16 heteroatoms. The summed E-state index contributed by atoms with van der Waals surface area (Å²) in [4.78, 5) is 36.9. The van der Waals surface area contributed by atoms with Gasteiger partial charge in [-0.05, 0) is 80.6 Å². The van der Waals surface area contributed by atoms with Crippen LogP contribution in [0.4, 0.5) is 0 Å². The molecule has 2 saturated heterocycles. The van der Waals surface area contributed by atoms with E-state index in [1.807, 2.05) is 0 Å². The Morgan fingerprint density at radius 2 is 1.61 bits per heavy atom. The van der Waals surface area contributed by atoms with Crippen molar-refractivity contribution in [2.24, 2.45) is 34.5 Å². The number of cyclic esters (lactones) is 1. The minimum atomic E-state index is -1.65. The van der Waals surface area contributed by atoms with Crippen LogP contribution in [0.5, 0.6) is 0 Å². The lowest BCUT2D eigenvalue weighted by Gasteiger charge is -2.63. The van der Waals surface area contributed by atoms with Crippen molar-refractivity contribution in [3.05, 3.63) is 11.6 Å². The van der Waals surface area contributed by atoms with Crippen molar-refractivity contribution in [1.82, 2.24) is 0 Å². The van der Waals surface area contributed by atoms with E-state index in [4.69, 9.17) is 37.9 Å². The number of hydrogen-bond acceptors (Lipinski definition) is 16. The summed E-state index contributed by atoms with van der Waals surface area (Å²) >= 11 is 0. The molecule has 3 heterocycles. The molecular formula is C40H60O16. The van der Waals surface area contributed by atoms with Crippen LogP contribution in [0.3, 0.4) is 0 Å². The maximum absolute atomic E-state index is 12.9. The summed E-state index contributed by atoms with van der Waals surface area (Å²) in [5.74, 6) is -1.28. The molecule has 19 atom stereocenters. The molecule has 316 valence electrons. The molecule has 0 aromatic carbocycles. The lowest BCUT2D eigenvalue weighted by atomic mass is 9.43. The summed E-state index contributed by atoms with van der Waals surface area (Å²) in [5.41, 5.74) is -1.04. The summed E-state index contributed by atoms with van der Waals surface area (Å²) in [7, 11) is 1.42. The van der Waals surface area contributed by atoms with Crippen LogP contribution in [-0.2, 0) is 52.3 Å². The van der Waals surface area contributed by atoms with Crippen LogP contribution in [0, 0.1) is 34.5 Å². The van der Waals surface area contributed by atoms with Crippen molar-refractivity contribution in [2.75, 3.05) is 20.3 Å². The molecule has 0 radical (unpaired) electrons.